The van der Waals surface area contributed by atoms with E-state index in [0.29, 0.717) is 35.3 Å². The first kappa shape index (κ1) is 19.7. The molecule has 0 aliphatic carbocycles. The van der Waals surface area contributed by atoms with Crippen molar-refractivity contribution >= 4 is 42.1 Å². The van der Waals surface area contributed by atoms with E-state index < -0.39 is 6.10 Å². The van der Waals surface area contributed by atoms with Crippen molar-refractivity contribution in [1.82, 2.24) is 25.6 Å². The highest BCUT2D eigenvalue weighted by Crippen LogP contribution is 2.21. The summed E-state index contributed by atoms with van der Waals surface area (Å²) in [7, 11) is 0. The van der Waals surface area contributed by atoms with Crippen molar-refractivity contribution in [2.24, 2.45) is 5.92 Å². The summed E-state index contributed by atoms with van der Waals surface area (Å²) in [6.45, 7) is 1.74. The molecule has 3 rings (SSSR count). The predicted octanol–water partition coefficient (Wildman–Crippen LogP) is 0.754. The van der Waals surface area contributed by atoms with Gasteiger partial charge in [-0.05, 0) is 6.07 Å². The molecule has 0 aromatic carbocycles. The minimum atomic E-state index is -0.403. The molecule has 2 atom stereocenters. The SMILES string of the molecule is Cl.Cl.O=C(NCC1CNCC1O)c1cnc(-c2ncccn2)s1. The summed E-state index contributed by atoms with van der Waals surface area (Å²) in [5.41, 5.74) is 0. The van der Waals surface area contributed by atoms with Gasteiger partial charge in [-0.2, -0.15) is 0 Å². The van der Waals surface area contributed by atoms with Crippen LogP contribution in [0.3, 0.4) is 0 Å². The number of rotatable bonds is 4. The highest BCUT2D eigenvalue weighted by molar-refractivity contribution is 7.16. The summed E-state index contributed by atoms with van der Waals surface area (Å²) in [6, 6.07) is 1.73. The van der Waals surface area contributed by atoms with Gasteiger partial charge in [0.15, 0.2) is 10.8 Å². The molecule has 2 aromatic heterocycles. The van der Waals surface area contributed by atoms with Crippen molar-refractivity contribution in [2.75, 3.05) is 19.6 Å². The molecule has 1 amide bonds. The lowest BCUT2D eigenvalue weighted by molar-refractivity contribution is 0.0931. The first-order chi connectivity index (χ1) is 10.2. The first-order valence-electron chi connectivity index (χ1n) is 6.64. The largest absolute Gasteiger partial charge is 0.391 e. The van der Waals surface area contributed by atoms with Crippen LogP contribution in [0.25, 0.3) is 10.8 Å². The number of carbonyl (C=O) groups is 1. The average molecular weight is 378 g/mol. The van der Waals surface area contributed by atoms with Gasteiger partial charge in [-0.25, -0.2) is 15.0 Å². The summed E-state index contributed by atoms with van der Waals surface area (Å²) in [4.78, 5) is 25.0. The van der Waals surface area contributed by atoms with Crippen LogP contribution in [0.4, 0.5) is 0 Å². The fourth-order valence-corrected chi connectivity index (χ4v) is 2.91. The van der Waals surface area contributed by atoms with Gasteiger partial charge >= 0.3 is 0 Å². The Bertz CT molecular complexity index is 628. The maximum Gasteiger partial charge on any atom is 0.263 e. The van der Waals surface area contributed by atoms with E-state index in [9.17, 15) is 9.90 Å². The number of thiazole rings is 1. The number of aliphatic hydroxyl groups excluding tert-OH is 1. The molecule has 7 nitrogen and oxygen atoms in total. The Morgan fingerprint density at radius 1 is 1.30 bits per heavy atom. The molecule has 0 radical (unpaired) electrons. The number of β-amino-alcohol motifs (C(OH)–C–C–N with tert-alkyl or cyclic N) is 1. The van der Waals surface area contributed by atoms with Gasteiger partial charge in [-0.1, -0.05) is 0 Å². The zero-order valence-electron chi connectivity index (χ0n) is 12.0. The first-order valence-corrected chi connectivity index (χ1v) is 7.46. The number of hydrogen-bond donors (Lipinski definition) is 3. The molecule has 3 N–H and O–H groups in total. The number of halogens is 2. The second-order valence-corrected chi connectivity index (χ2v) is 5.83. The van der Waals surface area contributed by atoms with E-state index >= 15 is 0 Å². The predicted molar refractivity (Wildman–Crippen MR) is 92.3 cm³/mol. The quantitative estimate of drug-likeness (QED) is 0.726. The lowest BCUT2D eigenvalue weighted by Gasteiger charge is -2.13. The van der Waals surface area contributed by atoms with Crippen molar-refractivity contribution in [1.29, 1.82) is 0 Å². The van der Waals surface area contributed by atoms with Crippen LogP contribution in [0.2, 0.25) is 0 Å². The third-order valence-corrected chi connectivity index (χ3v) is 4.31. The molecule has 10 heteroatoms. The molecule has 0 spiro atoms. The number of carbonyl (C=O) groups excluding carboxylic acids is 1. The van der Waals surface area contributed by atoms with Gasteiger partial charge in [0.2, 0.25) is 0 Å². The maximum absolute atomic E-state index is 12.1. The minimum absolute atomic E-state index is 0. The fraction of sp³-hybridized carbons (Fsp3) is 0.385. The van der Waals surface area contributed by atoms with Crippen LogP contribution >= 0.6 is 36.2 Å². The molecular formula is C13H17Cl2N5O2S. The normalized spacial score (nSPS) is 19.5. The van der Waals surface area contributed by atoms with E-state index in [4.69, 9.17) is 0 Å². The molecule has 0 bridgehead atoms. The van der Waals surface area contributed by atoms with Gasteiger partial charge in [-0.15, -0.1) is 36.2 Å². The van der Waals surface area contributed by atoms with Crippen LogP contribution < -0.4 is 10.6 Å². The van der Waals surface area contributed by atoms with Crippen LogP contribution in [0.15, 0.2) is 24.7 Å². The number of amides is 1. The van der Waals surface area contributed by atoms with Gasteiger partial charge in [0, 0.05) is 37.9 Å². The van der Waals surface area contributed by atoms with E-state index in [0.717, 1.165) is 0 Å². The Labute approximate surface area is 149 Å². The van der Waals surface area contributed by atoms with Crippen molar-refractivity contribution in [3.8, 4) is 10.8 Å². The van der Waals surface area contributed by atoms with E-state index in [1.807, 2.05) is 0 Å². The van der Waals surface area contributed by atoms with Crippen LogP contribution in [-0.2, 0) is 0 Å². The second-order valence-electron chi connectivity index (χ2n) is 4.80. The molecule has 3 heterocycles. The number of aromatic nitrogens is 3. The molecule has 1 aliphatic rings. The van der Waals surface area contributed by atoms with Crippen LogP contribution in [0.1, 0.15) is 9.67 Å². The number of aliphatic hydroxyl groups is 1. The van der Waals surface area contributed by atoms with Gasteiger partial charge in [0.05, 0.1) is 12.3 Å². The molecular weight excluding hydrogens is 361 g/mol. The van der Waals surface area contributed by atoms with Crippen LogP contribution in [0, 0.1) is 5.92 Å². The Kier molecular flexibility index (Phi) is 7.80. The van der Waals surface area contributed by atoms with Crippen molar-refractivity contribution < 1.29 is 9.90 Å². The standard InChI is InChI=1S/C13H15N5O2S.2ClH/c19-9-6-14-4-8(9)5-17-12(20)10-7-18-13(21-10)11-15-2-1-3-16-11;;/h1-3,7-9,14,19H,4-6H2,(H,17,20);2*1H. The zero-order valence-corrected chi connectivity index (χ0v) is 14.5. The molecule has 1 aliphatic heterocycles. The fourth-order valence-electron chi connectivity index (χ4n) is 2.13. The lowest BCUT2D eigenvalue weighted by Crippen LogP contribution is -2.34. The highest BCUT2D eigenvalue weighted by Gasteiger charge is 2.25. The topological polar surface area (TPSA) is 100 Å². The van der Waals surface area contributed by atoms with E-state index in [2.05, 4.69) is 25.6 Å². The van der Waals surface area contributed by atoms with Gasteiger partial charge in [-0.3, -0.25) is 4.79 Å². The second kappa shape index (κ2) is 9.09. The molecule has 1 saturated heterocycles. The molecule has 2 unspecified atom stereocenters. The van der Waals surface area contributed by atoms with Gasteiger partial charge in [0.25, 0.3) is 5.91 Å². The van der Waals surface area contributed by atoms with E-state index in [1.54, 1.807) is 18.5 Å². The minimum Gasteiger partial charge on any atom is -0.391 e. The molecule has 1 fully saturated rings. The van der Waals surface area contributed by atoms with Crippen molar-refractivity contribution in [3.05, 3.63) is 29.5 Å². The van der Waals surface area contributed by atoms with E-state index in [1.165, 1.54) is 17.5 Å². The van der Waals surface area contributed by atoms with Gasteiger partial charge < -0.3 is 15.7 Å². The van der Waals surface area contributed by atoms with Crippen molar-refractivity contribution in [2.45, 2.75) is 6.10 Å². The average Bonchev–Trinajstić information content (AvgIpc) is 3.15. The highest BCUT2D eigenvalue weighted by atomic mass is 35.5. The summed E-state index contributed by atoms with van der Waals surface area (Å²) in [6.07, 6.45) is 4.39. The Morgan fingerprint density at radius 3 is 2.70 bits per heavy atom. The van der Waals surface area contributed by atoms with Gasteiger partial charge in [0.1, 0.15) is 4.88 Å². The van der Waals surface area contributed by atoms with Crippen LogP contribution in [0.5, 0.6) is 0 Å². The number of nitrogens with zero attached hydrogens (tertiary/aromatic N) is 3. The van der Waals surface area contributed by atoms with Crippen molar-refractivity contribution in [3.63, 3.8) is 0 Å². The molecule has 2 aromatic rings. The van der Waals surface area contributed by atoms with Crippen LogP contribution in [-0.4, -0.2) is 51.7 Å². The molecule has 126 valence electrons. The number of nitrogens with one attached hydrogen (secondary N) is 2. The summed E-state index contributed by atoms with van der Waals surface area (Å²) < 4.78 is 0. The maximum atomic E-state index is 12.1. The number of hydrogen-bond acceptors (Lipinski definition) is 7. The zero-order chi connectivity index (χ0) is 14.7. The van der Waals surface area contributed by atoms with E-state index in [-0.39, 0.29) is 36.6 Å². The lowest BCUT2D eigenvalue weighted by atomic mass is 10.1. The monoisotopic (exact) mass is 377 g/mol. The molecule has 23 heavy (non-hydrogen) atoms. The Morgan fingerprint density at radius 2 is 2.04 bits per heavy atom. The third kappa shape index (κ3) is 4.82. The Balaban J connectivity index is 0.00000132. The Hall–Kier alpha value is -1.32. The summed E-state index contributed by atoms with van der Waals surface area (Å²) in [5, 5.41) is 16.2. The smallest absolute Gasteiger partial charge is 0.263 e. The summed E-state index contributed by atoms with van der Waals surface area (Å²) >= 11 is 1.25. The molecule has 0 saturated carbocycles. The summed E-state index contributed by atoms with van der Waals surface area (Å²) in [5.74, 6) is 0.379. The third-order valence-electron chi connectivity index (χ3n) is 3.32.